The summed E-state index contributed by atoms with van der Waals surface area (Å²) in [4.78, 5) is 11.4. The van der Waals surface area contributed by atoms with Crippen LogP contribution >= 0.6 is 15.9 Å². The van der Waals surface area contributed by atoms with Crippen LogP contribution in [0.3, 0.4) is 0 Å². The van der Waals surface area contributed by atoms with Crippen molar-refractivity contribution in [3.8, 4) is 5.75 Å². The molecule has 1 heterocycles. The van der Waals surface area contributed by atoms with Crippen molar-refractivity contribution >= 4 is 22.0 Å². The van der Waals surface area contributed by atoms with Crippen LogP contribution in [0.1, 0.15) is 0 Å². The Labute approximate surface area is 96.1 Å². The van der Waals surface area contributed by atoms with Crippen LogP contribution in [0.25, 0.3) is 0 Å². The highest BCUT2D eigenvalue weighted by Crippen LogP contribution is 2.17. The van der Waals surface area contributed by atoms with Gasteiger partial charge in [-0.05, 0) is 18.2 Å². The van der Waals surface area contributed by atoms with Crippen LogP contribution in [0.4, 0.5) is 4.79 Å². The molecule has 0 aliphatic carbocycles. The van der Waals surface area contributed by atoms with Gasteiger partial charge in [-0.25, -0.2) is 4.79 Å². The number of benzene rings is 1. The second kappa shape index (κ2) is 4.63. The zero-order valence-corrected chi connectivity index (χ0v) is 9.58. The van der Waals surface area contributed by atoms with Gasteiger partial charge in [0, 0.05) is 17.6 Å². The fraction of sp³-hybridized carbons (Fsp3) is 0.300. The number of carbonyl (C=O) groups excluding carboxylic acids is 1. The predicted octanol–water partition coefficient (Wildman–Crippen LogP) is 1.51. The van der Waals surface area contributed by atoms with Gasteiger partial charge in [0.15, 0.2) is 0 Å². The first-order valence-electron chi connectivity index (χ1n) is 4.69. The van der Waals surface area contributed by atoms with Gasteiger partial charge in [0.05, 0.1) is 6.04 Å². The number of carbonyl (C=O) groups is 1. The smallest absolute Gasteiger partial charge is 0.410 e. The third kappa shape index (κ3) is 2.94. The minimum absolute atomic E-state index is 0.199. The lowest BCUT2D eigenvalue weighted by Gasteiger charge is -2.27. The van der Waals surface area contributed by atoms with Gasteiger partial charge >= 0.3 is 6.09 Å². The maximum absolute atomic E-state index is 11.4. The molecular weight excluding hydrogens is 260 g/mol. The molecule has 80 valence electrons. The van der Waals surface area contributed by atoms with E-state index in [1.54, 1.807) is 12.1 Å². The van der Waals surface area contributed by atoms with Gasteiger partial charge in [-0.2, -0.15) is 0 Å². The lowest BCUT2D eigenvalue weighted by Crippen LogP contribution is -2.57. The number of halogens is 1. The number of hydrogen-bond acceptors (Lipinski definition) is 3. The number of rotatable bonds is 2. The third-order valence-electron chi connectivity index (χ3n) is 2.11. The van der Waals surface area contributed by atoms with Gasteiger partial charge in [-0.1, -0.05) is 22.0 Å². The molecule has 0 saturated carbocycles. The molecule has 2 N–H and O–H groups in total. The van der Waals surface area contributed by atoms with Gasteiger partial charge in [-0.3, -0.25) is 0 Å². The fourth-order valence-corrected chi connectivity index (χ4v) is 1.60. The summed E-state index contributed by atoms with van der Waals surface area (Å²) >= 11 is 3.31. The van der Waals surface area contributed by atoms with Crippen molar-refractivity contribution in [1.82, 2.24) is 10.6 Å². The summed E-state index contributed by atoms with van der Waals surface area (Å²) in [7, 11) is 0. The van der Waals surface area contributed by atoms with Crippen molar-refractivity contribution in [2.24, 2.45) is 0 Å². The Bertz CT molecular complexity index is 366. The lowest BCUT2D eigenvalue weighted by atomic mass is 10.2. The Hall–Kier alpha value is -1.07. The normalized spacial score (nSPS) is 15.5. The molecule has 15 heavy (non-hydrogen) atoms. The average molecular weight is 271 g/mol. The van der Waals surface area contributed by atoms with Gasteiger partial charge < -0.3 is 15.4 Å². The molecule has 4 nitrogen and oxygen atoms in total. The maximum Gasteiger partial charge on any atom is 0.412 e. The Morgan fingerprint density at radius 3 is 2.93 bits per heavy atom. The van der Waals surface area contributed by atoms with Crippen molar-refractivity contribution in [3.05, 3.63) is 28.7 Å². The van der Waals surface area contributed by atoms with E-state index in [4.69, 9.17) is 4.74 Å². The summed E-state index contributed by atoms with van der Waals surface area (Å²) in [5.74, 6) is 0.536. The van der Waals surface area contributed by atoms with Crippen LogP contribution in [-0.4, -0.2) is 25.2 Å². The fourth-order valence-electron chi connectivity index (χ4n) is 1.22. The van der Waals surface area contributed by atoms with E-state index in [0.717, 1.165) is 17.6 Å². The van der Waals surface area contributed by atoms with Crippen molar-refractivity contribution < 1.29 is 9.53 Å². The lowest BCUT2D eigenvalue weighted by molar-refractivity contribution is 0.190. The van der Waals surface area contributed by atoms with E-state index in [0.29, 0.717) is 5.75 Å². The second-order valence-corrected chi connectivity index (χ2v) is 4.26. The molecule has 1 aliphatic rings. The molecule has 1 aliphatic heterocycles. The topological polar surface area (TPSA) is 50.4 Å². The molecule has 1 amide bonds. The minimum atomic E-state index is -0.403. The van der Waals surface area contributed by atoms with E-state index in [1.165, 1.54) is 0 Å². The van der Waals surface area contributed by atoms with Gasteiger partial charge in [0.25, 0.3) is 0 Å². The summed E-state index contributed by atoms with van der Waals surface area (Å²) in [6.45, 7) is 1.63. The maximum atomic E-state index is 11.4. The Balaban J connectivity index is 1.87. The van der Waals surface area contributed by atoms with Gasteiger partial charge in [-0.15, -0.1) is 0 Å². The monoisotopic (exact) mass is 270 g/mol. The third-order valence-corrected chi connectivity index (χ3v) is 2.60. The van der Waals surface area contributed by atoms with E-state index in [-0.39, 0.29) is 6.04 Å². The second-order valence-electron chi connectivity index (χ2n) is 3.35. The summed E-state index contributed by atoms with van der Waals surface area (Å²) in [6, 6.07) is 7.38. The van der Waals surface area contributed by atoms with Crippen LogP contribution < -0.4 is 15.4 Å². The highest BCUT2D eigenvalue weighted by molar-refractivity contribution is 9.10. The molecular formula is C10H11BrN2O2. The molecule has 0 bridgehead atoms. The van der Waals surface area contributed by atoms with Crippen LogP contribution in [0, 0.1) is 0 Å². The van der Waals surface area contributed by atoms with Crippen LogP contribution in [0.2, 0.25) is 0 Å². The van der Waals surface area contributed by atoms with Gasteiger partial charge in [0.2, 0.25) is 0 Å². The number of amides is 1. The number of ether oxygens (including phenoxy) is 1. The van der Waals surface area contributed by atoms with Crippen molar-refractivity contribution in [2.75, 3.05) is 13.1 Å². The van der Waals surface area contributed by atoms with Crippen LogP contribution in [0.5, 0.6) is 5.75 Å². The van der Waals surface area contributed by atoms with Crippen LogP contribution in [0.15, 0.2) is 28.7 Å². The first-order valence-corrected chi connectivity index (χ1v) is 5.48. The Morgan fingerprint density at radius 2 is 2.33 bits per heavy atom. The quantitative estimate of drug-likeness (QED) is 0.857. The Kier molecular flexibility index (Phi) is 3.23. The van der Waals surface area contributed by atoms with Crippen molar-refractivity contribution in [3.63, 3.8) is 0 Å². The zero-order chi connectivity index (χ0) is 10.7. The van der Waals surface area contributed by atoms with E-state index in [9.17, 15) is 4.79 Å². The zero-order valence-electron chi connectivity index (χ0n) is 8.00. The summed E-state index contributed by atoms with van der Waals surface area (Å²) < 4.78 is 5.98. The minimum Gasteiger partial charge on any atom is -0.410 e. The predicted molar refractivity (Wildman–Crippen MR) is 60.0 cm³/mol. The molecule has 1 saturated heterocycles. The molecule has 0 spiro atoms. The summed E-state index contributed by atoms with van der Waals surface area (Å²) in [5, 5.41) is 5.81. The largest absolute Gasteiger partial charge is 0.412 e. The molecule has 0 radical (unpaired) electrons. The highest BCUT2D eigenvalue weighted by Gasteiger charge is 2.19. The number of hydrogen-bond donors (Lipinski definition) is 2. The van der Waals surface area contributed by atoms with Crippen molar-refractivity contribution in [1.29, 1.82) is 0 Å². The first kappa shape index (κ1) is 10.4. The first-order chi connectivity index (χ1) is 7.24. The molecule has 1 aromatic rings. The molecule has 1 aromatic carbocycles. The summed E-state index contributed by atoms with van der Waals surface area (Å²) in [6.07, 6.45) is -0.403. The van der Waals surface area contributed by atoms with E-state index >= 15 is 0 Å². The summed E-state index contributed by atoms with van der Waals surface area (Å²) in [5.41, 5.74) is 0. The highest BCUT2D eigenvalue weighted by atomic mass is 79.9. The SMILES string of the molecule is O=C(NC1CNC1)Oc1cccc(Br)c1. The van der Waals surface area contributed by atoms with Crippen molar-refractivity contribution in [2.45, 2.75) is 6.04 Å². The number of nitrogens with one attached hydrogen (secondary N) is 2. The molecule has 0 atom stereocenters. The van der Waals surface area contributed by atoms with E-state index < -0.39 is 6.09 Å². The average Bonchev–Trinajstić information content (AvgIpc) is 2.11. The van der Waals surface area contributed by atoms with Gasteiger partial charge in [0.1, 0.15) is 5.75 Å². The molecule has 1 fully saturated rings. The van der Waals surface area contributed by atoms with E-state index in [1.807, 2.05) is 12.1 Å². The molecule has 0 unspecified atom stereocenters. The standard InChI is InChI=1S/C10H11BrN2O2/c11-7-2-1-3-9(4-7)15-10(14)13-8-5-12-6-8/h1-4,8,12H,5-6H2,(H,13,14). The van der Waals surface area contributed by atoms with E-state index in [2.05, 4.69) is 26.6 Å². The molecule has 0 aromatic heterocycles. The Morgan fingerprint density at radius 1 is 1.53 bits per heavy atom. The molecule has 2 rings (SSSR count). The van der Waals surface area contributed by atoms with Crippen LogP contribution in [-0.2, 0) is 0 Å². The molecule has 5 heteroatoms.